The summed E-state index contributed by atoms with van der Waals surface area (Å²) in [6, 6.07) is 9.72. The number of benzene rings is 2. The van der Waals surface area contributed by atoms with Gasteiger partial charge in [0, 0.05) is 6.07 Å². The van der Waals surface area contributed by atoms with Crippen LogP contribution in [0.3, 0.4) is 0 Å². The van der Waals surface area contributed by atoms with Crippen molar-refractivity contribution in [1.82, 2.24) is 0 Å². The molecule has 0 radical (unpaired) electrons. The molecule has 0 fully saturated rings. The van der Waals surface area contributed by atoms with Gasteiger partial charge in [-0.25, -0.2) is 0 Å². The molecule has 0 N–H and O–H groups in total. The van der Waals surface area contributed by atoms with Gasteiger partial charge in [-0.1, -0.05) is 6.07 Å². The fourth-order valence-corrected chi connectivity index (χ4v) is 2.62. The maximum atomic E-state index is 12.9. The van der Waals surface area contributed by atoms with Crippen LogP contribution in [0, 0.1) is 0 Å². The van der Waals surface area contributed by atoms with Crippen LogP contribution in [0.1, 0.15) is 6.92 Å². The fraction of sp³-hybridized carbons (Fsp3) is 0.200. The zero-order valence-corrected chi connectivity index (χ0v) is 15.7. The van der Waals surface area contributed by atoms with Crippen LogP contribution in [0.5, 0.6) is 17.2 Å². The molecular formula is C20H17ClO6. The average Bonchev–Trinajstić information content (AvgIpc) is 2.67. The predicted molar refractivity (Wildman–Crippen MR) is 102 cm³/mol. The van der Waals surface area contributed by atoms with Crippen molar-refractivity contribution in [2.45, 2.75) is 12.3 Å². The Labute approximate surface area is 160 Å². The number of ether oxygens (including phenoxy) is 3. The molecule has 0 aliphatic carbocycles. The molecule has 140 valence electrons. The number of carbonyl (C=O) groups excluding carboxylic acids is 1. The Balaban J connectivity index is 2.03. The Morgan fingerprint density at radius 3 is 2.48 bits per heavy atom. The standard InChI is InChI=1S/C20H17ClO6/c1-11(21)20(23)27-13-5-6-14-17(9-13)26-10-15(19(14)22)12-4-7-16(24-2)18(8-12)25-3/h4-11H,1-3H3. The molecule has 27 heavy (non-hydrogen) atoms. The highest BCUT2D eigenvalue weighted by Crippen LogP contribution is 2.32. The van der Waals surface area contributed by atoms with E-state index < -0.39 is 11.3 Å². The van der Waals surface area contributed by atoms with Crippen molar-refractivity contribution in [3.05, 3.63) is 52.9 Å². The smallest absolute Gasteiger partial charge is 0.329 e. The molecule has 0 amide bonds. The largest absolute Gasteiger partial charge is 0.493 e. The first-order valence-corrected chi connectivity index (χ1v) is 8.52. The molecule has 0 spiro atoms. The van der Waals surface area contributed by atoms with Gasteiger partial charge in [0.15, 0.2) is 16.9 Å². The summed E-state index contributed by atoms with van der Waals surface area (Å²) in [5.74, 6) is 0.737. The summed E-state index contributed by atoms with van der Waals surface area (Å²) >= 11 is 5.69. The van der Waals surface area contributed by atoms with Crippen molar-refractivity contribution in [2.24, 2.45) is 0 Å². The van der Waals surface area contributed by atoms with E-state index in [4.69, 9.17) is 30.2 Å². The van der Waals surface area contributed by atoms with Crippen LogP contribution < -0.4 is 19.6 Å². The van der Waals surface area contributed by atoms with Gasteiger partial charge in [-0.15, -0.1) is 11.6 Å². The molecule has 0 saturated carbocycles. The van der Waals surface area contributed by atoms with Crippen molar-refractivity contribution in [1.29, 1.82) is 0 Å². The molecule has 0 saturated heterocycles. The van der Waals surface area contributed by atoms with Crippen molar-refractivity contribution >= 4 is 28.5 Å². The van der Waals surface area contributed by atoms with Crippen molar-refractivity contribution in [3.8, 4) is 28.4 Å². The van der Waals surface area contributed by atoms with Crippen LogP contribution in [0.25, 0.3) is 22.1 Å². The number of fused-ring (bicyclic) bond motifs is 1. The Hall–Kier alpha value is -2.99. The Morgan fingerprint density at radius 2 is 1.81 bits per heavy atom. The number of esters is 1. The van der Waals surface area contributed by atoms with Gasteiger partial charge in [0.25, 0.3) is 0 Å². The summed E-state index contributed by atoms with van der Waals surface area (Å²) in [7, 11) is 3.06. The van der Waals surface area contributed by atoms with Gasteiger partial charge >= 0.3 is 5.97 Å². The van der Waals surface area contributed by atoms with Crippen molar-refractivity contribution < 1.29 is 23.4 Å². The minimum absolute atomic E-state index is 0.216. The zero-order valence-electron chi connectivity index (χ0n) is 14.9. The molecule has 3 rings (SSSR count). The molecule has 0 aliphatic rings. The number of halogens is 1. The second-order valence-electron chi connectivity index (χ2n) is 5.74. The first kappa shape index (κ1) is 18.8. The highest BCUT2D eigenvalue weighted by Gasteiger charge is 2.15. The van der Waals surface area contributed by atoms with E-state index in [2.05, 4.69) is 0 Å². The molecule has 0 bridgehead atoms. The SMILES string of the molecule is COc1ccc(-c2coc3cc(OC(=O)C(C)Cl)ccc3c2=O)cc1OC. The van der Waals surface area contributed by atoms with Crippen LogP contribution in [0.2, 0.25) is 0 Å². The van der Waals surface area contributed by atoms with Gasteiger partial charge < -0.3 is 18.6 Å². The van der Waals surface area contributed by atoms with Gasteiger partial charge in [0.1, 0.15) is 23.0 Å². The van der Waals surface area contributed by atoms with Crippen LogP contribution in [0.15, 0.2) is 51.9 Å². The summed E-state index contributed by atoms with van der Waals surface area (Å²) in [5, 5.41) is -0.416. The first-order valence-electron chi connectivity index (χ1n) is 8.08. The normalized spacial score (nSPS) is 11.9. The van der Waals surface area contributed by atoms with Crippen LogP contribution in [-0.2, 0) is 4.79 Å². The van der Waals surface area contributed by atoms with Crippen LogP contribution in [0.4, 0.5) is 0 Å². The summed E-state index contributed by atoms with van der Waals surface area (Å²) in [4.78, 5) is 24.5. The molecule has 7 heteroatoms. The molecule has 2 aromatic carbocycles. The van der Waals surface area contributed by atoms with E-state index in [9.17, 15) is 9.59 Å². The van der Waals surface area contributed by atoms with Gasteiger partial charge in [0.05, 0.1) is 25.2 Å². The summed E-state index contributed by atoms with van der Waals surface area (Å²) in [5.41, 5.74) is 1.10. The minimum Gasteiger partial charge on any atom is -0.493 e. The maximum Gasteiger partial charge on any atom is 0.329 e. The summed E-state index contributed by atoms with van der Waals surface area (Å²) in [6.07, 6.45) is 1.36. The molecule has 6 nitrogen and oxygen atoms in total. The Bertz CT molecular complexity index is 1050. The van der Waals surface area contributed by atoms with E-state index >= 15 is 0 Å². The molecule has 0 aliphatic heterocycles. The minimum atomic E-state index is -0.778. The van der Waals surface area contributed by atoms with Gasteiger partial charge in [-0.2, -0.15) is 0 Å². The second kappa shape index (κ2) is 7.72. The first-order chi connectivity index (χ1) is 12.9. The number of hydrogen-bond acceptors (Lipinski definition) is 6. The number of rotatable bonds is 5. The molecule has 3 aromatic rings. The quantitative estimate of drug-likeness (QED) is 0.373. The van der Waals surface area contributed by atoms with Gasteiger partial charge in [-0.05, 0) is 36.8 Å². The predicted octanol–water partition coefficient (Wildman–Crippen LogP) is 4.01. The third-order valence-electron chi connectivity index (χ3n) is 3.98. The van der Waals surface area contributed by atoms with E-state index in [1.165, 1.54) is 39.5 Å². The second-order valence-corrected chi connectivity index (χ2v) is 6.40. The lowest BCUT2D eigenvalue weighted by Gasteiger charge is -2.10. The number of carbonyl (C=O) groups is 1. The highest BCUT2D eigenvalue weighted by atomic mass is 35.5. The highest BCUT2D eigenvalue weighted by molar-refractivity contribution is 6.29. The van der Waals surface area contributed by atoms with Gasteiger partial charge in [-0.3, -0.25) is 9.59 Å². The molecule has 1 atom stereocenters. The topological polar surface area (TPSA) is 75.0 Å². The van der Waals surface area contributed by atoms with E-state index in [1.807, 2.05) is 0 Å². The molecule has 1 aromatic heterocycles. The lowest BCUT2D eigenvalue weighted by Crippen LogP contribution is -2.17. The van der Waals surface area contributed by atoms with E-state index in [-0.39, 0.29) is 11.2 Å². The number of hydrogen-bond donors (Lipinski definition) is 0. The Morgan fingerprint density at radius 1 is 1.07 bits per heavy atom. The van der Waals surface area contributed by atoms with Gasteiger partial charge in [0.2, 0.25) is 0 Å². The summed E-state index contributed by atoms with van der Waals surface area (Å²) in [6.45, 7) is 1.51. The third-order valence-corrected chi connectivity index (χ3v) is 4.16. The van der Waals surface area contributed by atoms with E-state index in [0.717, 1.165) is 0 Å². The molecule has 1 heterocycles. The van der Waals surface area contributed by atoms with Crippen molar-refractivity contribution in [2.75, 3.05) is 14.2 Å². The monoisotopic (exact) mass is 388 g/mol. The average molecular weight is 389 g/mol. The number of methoxy groups -OCH3 is 2. The Kier molecular flexibility index (Phi) is 5.37. The van der Waals surface area contributed by atoms with Crippen molar-refractivity contribution in [3.63, 3.8) is 0 Å². The fourth-order valence-electron chi connectivity index (χ4n) is 2.57. The van der Waals surface area contributed by atoms with E-state index in [0.29, 0.717) is 33.6 Å². The third kappa shape index (κ3) is 3.75. The lowest BCUT2D eigenvalue weighted by atomic mass is 10.0. The van der Waals surface area contributed by atoms with E-state index in [1.54, 1.807) is 24.3 Å². The van der Waals surface area contributed by atoms with Crippen LogP contribution in [-0.4, -0.2) is 25.6 Å². The number of alkyl halides is 1. The summed E-state index contributed by atoms with van der Waals surface area (Å²) < 4.78 is 21.2. The molecule has 1 unspecified atom stereocenters. The zero-order chi connectivity index (χ0) is 19.6. The maximum absolute atomic E-state index is 12.9. The van der Waals surface area contributed by atoms with Crippen LogP contribution >= 0.6 is 11.6 Å². The molecular weight excluding hydrogens is 372 g/mol. The lowest BCUT2D eigenvalue weighted by molar-refractivity contribution is -0.133.